The monoisotopic (exact) mass is 506 g/mol. The normalized spacial score (nSPS) is 19.9. The summed E-state index contributed by atoms with van der Waals surface area (Å²) >= 11 is 0. The zero-order chi connectivity index (χ0) is 26.7. The zero-order valence-electron chi connectivity index (χ0n) is 20.0. The zero-order valence-corrected chi connectivity index (χ0v) is 20.0. The number of anilines is 1. The van der Waals surface area contributed by atoms with Gasteiger partial charge >= 0.3 is 6.09 Å². The largest absolute Gasteiger partial charge is 0.444 e. The molecule has 0 saturated carbocycles. The second-order valence-electron chi connectivity index (χ2n) is 9.11. The second kappa shape index (κ2) is 10.5. The molecule has 0 bridgehead atoms. The van der Waals surface area contributed by atoms with E-state index in [2.05, 4.69) is 25.9 Å². The Hall–Kier alpha value is -3.76. The van der Waals surface area contributed by atoms with Crippen LogP contribution in [0, 0.1) is 24.1 Å². The number of pyridine rings is 2. The van der Waals surface area contributed by atoms with Crippen molar-refractivity contribution < 1.29 is 32.2 Å². The molecule has 1 aliphatic rings. The van der Waals surface area contributed by atoms with Gasteiger partial charge in [0.15, 0.2) is 5.54 Å². The van der Waals surface area contributed by atoms with Gasteiger partial charge in [0.1, 0.15) is 40.9 Å². The Labute approximate surface area is 205 Å². The summed E-state index contributed by atoms with van der Waals surface area (Å²) in [6.45, 7) is 5.63. The van der Waals surface area contributed by atoms with E-state index in [9.17, 15) is 22.8 Å². The minimum Gasteiger partial charge on any atom is -0.444 e. The summed E-state index contributed by atoms with van der Waals surface area (Å²) in [5.41, 5.74) is -3.35. The van der Waals surface area contributed by atoms with E-state index in [1.54, 1.807) is 27.7 Å². The minimum atomic E-state index is -3.21. The molecule has 2 aromatic rings. The summed E-state index contributed by atoms with van der Waals surface area (Å²) < 4.78 is 54.0. The van der Waals surface area contributed by atoms with Gasteiger partial charge in [0.25, 0.3) is 12.3 Å². The number of halogens is 3. The first-order valence-electron chi connectivity index (χ1n) is 10.8. The molecule has 0 radical (unpaired) electrons. The molecule has 0 spiro atoms. The van der Waals surface area contributed by atoms with Crippen molar-refractivity contribution in [2.75, 3.05) is 18.5 Å². The van der Waals surface area contributed by atoms with Gasteiger partial charge in [-0.15, -0.1) is 0 Å². The number of carbonyl (C=O) groups excluding carboxylic acids is 2. The van der Waals surface area contributed by atoms with Gasteiger partial charge in [-0.05, 0) is 51.5 Å². The lowest BCUT2D eigenvalue weighted by Gasteiger charge is -2.41. The van der Waals surface area contributed by atoms with E-state index in [4.69, 9.17) is 14.7 Å². The summed E-state index contributed by atoms with van der Waals surface area (Å²) in [6.07, 6.45) is -4.03. The van der Waals surface area contributed by atoms with E-state index in [0.29, 0.717) is 5.56 Å². The molecule has 2 aromatic heterocycles. The number of aryl methyl sites for hydroxylation is 1. The third-order valence-electron chi connectivity index (χ3n) is 5.04. The molecule has 1 aliphatic heterocycles. The minimum absolute atomic E-state index is 0.0222. The predicted molar refractivity (Wildman–Crippen MR) is 121 cm³/mol. The third-order valence-corrected chi connectivity index (χ3v) is 5.04. The van der Waals surface area contributed by atoms with E-state index in [0.717, 1.165) is 12.1 Å². The fourth-order valence-electron chi connectivity index (χ4n) is 3.50. The molecular weight excluding hydrogens is 481 g/mol. The van der Waals surface area contributed by atoms with Gasteiger partial charge in [-0.3, -0.25) is 10.1 Å². The standard InChI is InChI=1S/C23H25F3N6O4/c1-12-7-13(8-27)9-28-17(12)19(33)30-15-6-5-14(24)18(29-15)23(20(25)26)11-35-10-16(32-23)31-21(34)36-22(2,3)4/h5-7,9,16,20,32H,10-11H2,1-4H3,(H,31,34)(H,29,30,33)/t16-,23?/m0/s1. The maximum Gasteiger partial charge on any atom is 0.408 e. The van der Waals surface area contributed by atoms with Gasteiger partial charge in [-0.1, -0.05) is 0 Å². The molecule has 36 heavy (non-hydrogen) atoms. The molecule has 0 aliphatic carbocycles. The van der Waals surface area contributed by atoms with Gasteiger partial charge in [-0.25, -0.2) is 27.9 Å². The number of nitrogens with one attached hydrogen (secondary N) is 3. The first kappa shape index (κ1) is 26.8. The van der Waals surface area contributed by atoms with Crippen molar-refractivity contribution in [1.29, 1.82) is 5.26 Å². The van der Waals surface area contributed by atoms with E-state index in [-0.39, 0.29) is 23.7 Å². The number of aromatic nitrogens is 2. The van der Waals surface area contributed by atoms with E-state index >= 15 is 0 Å². The molecule has 1 fully saturated rings. The second-order valence-corrected chi connectivity index (χ2v) is 9.11. The van der Waals surface area contributed by atoms with Gasteiger partial charge in [0.2, 0.25) is 0 Å². The number of alkyl carbamates (subject to hydrolysis) is 1. The molecule has 3 heterocycles. The van der Waals surface area contributed by atoms with Gasteiger partial charge < -0.3 is 20.1 Å². The van der Waals surface area contributed by atoms with Crippen LogP contribution in [-0.4, -0.2) is 53.4 Å². The number of nitrogens with zero attached hydrogens (tertiary/aromatic N) is 3. The van der Waals surface area contributed by atoms with Crippen LogP contribution in [0.3, 0.4) is 0 Å². The molecular formula is C23H25F3N6O4. The van der Waals surface area contributed by atoms with Gasteiger partial charge in [0, 0.05) is 6.20 Å². The van der Waals surface area contributed by atoms with Crippen LogP contribution in [0.4, 0.5) is 23.8 Å². The maximum absolute atomic E-state index is 14.8. The Morgan fingerprint density at radius 2 is 2.08 bits per heavy atom. The molecule has 3 rings (SSSR count). The number of ether oxygens (including phenoxy) is 2. The predicted octanol–water partition coefficient (Wildman–Crippen LogP) is 2.98. The van der Waals surface area contributed by atoms with Crippen molar-refractivity contribution in [3.63, 3.8) is 0 Å². The Morgan fingerprint density at radius 1 is 1.36 bits per heavy atom. The number of alkyl halides is 2. The average Bonchev–Trinajstić information content (AvgIpc) is 2.78. The number of amides is 2. The van der Waals surface area contributed by atoms with Crippen LogP contribution < -0.4 is 16.0 Å². The molecule has 3 N–H and O–H groups in total. The number of hydrogen-bond donors (Lipinski definition) is 3. The van der Waals surface area contributed by atoms with Crippen molar-refractivity contribution in [2.45, 2.75) is 51.4 Å². The fourth-order valence-corrected chi connectivity index (χ4v) is 3.50. The molecule has 10 nitrogen and oxygen atoms in total. The van der Waals surface area contributed by atoms with Crippen LogP contribution in [0.2, 0.25) is 0 Å². The van der Waals surface area contributed by atoms with Crippen molar-refractivity contribution in [3.8, 4) is 6.07 Å². The van der Waals surface area contributed by atoms with Crippen LogP contribution in [0.15, 0.2) is 24.4 Å². The first-order chi connectivity index (χ1) is 16.8. The van der Waals surface area contributed by atoms with Crippen molar-refractivity contribution in [1.82, 2.24) is 20.6 Å². The lowest BCUT2D eigenvalue weighted by molar-refractivity contribution is -0.0888. The number of morpholine rings is 1. The van der Waals surface area contributed by atoms with Crippen LogP contribution in [0.25, 0.3) is 0 Å². The fraction of sp³-hybridized carbons (Fsp3) is 0.435. The smallest absolute Gasteiger partial charge is 0.408 e. The summed E-state index contributed by atoms with van der Waals surface area (Å²) in [5.74, 6) is -2.02. The maximum atomic E-state index is 14.8. The van der Waals surface area contributed by atoms with Gasteiger partial charge in [0.05, 0.1) is 18.8 Å². The molecule has 192 valence electrons. The van der Waals surface area contributed by atoms with E-state index in [1.165, 1.54) is 12.3 Å². The number of carbonyl (C=O) groups is 2. The molecule has 13 heteroatoms. The summed E-state index contributed by atoms with van der Waals surface area (Å²) in [6, 6.07) is 5.35. The summed E-state index contributed by atoms with van der Waals surface area (Å²) in [4.78, 5) is 32.7. The first-order valence-corrected chi connectivity index (χ1v) is 10.8. The summed E-state index contributed by atoms with van der Waals surface area (Å²) in [7, 11) is 0. The van der Waals surface area contributed by atoms with Crippen LogP contribution in [0.1, 0.15) is 48.1 Å². The average molecular weight is 506 g/mol. The van der Waals surface area contributed by atoms with Crippen LogP contribution in [-0.2, 0) is 15.0 Å². The number of hydrogen-bond acceptors (Lipinski definition) is 8. The van der Waals surface area contributed by atoms with Crippen molar-refractivity contribution in [2.24, 2.45) is 0 Å². The van der Waals surface area contributed by atoms with Crippen molar-refractivity contribution in [3.05, 3.63) is 52.7 Å². The Kier molecular flexibility index (Phi) is 7.80. The molecule has 1 saturated heterocycles. The number of nitriles is 1. The van der Waals surface area contributed by atoms with E-state index < -0.39 is 53.8 Å². The lowest BCUT2D eigenvalue weighted by Crippen LogP contribution is -2.66. The highest BCUT2D eigenvalue weighted by Gasteiger charge is 2.50. The molecule has 2 amide bonds. The van der Waals surface area contributed by atoms with E-state index in [1.807, 2.05) is 6.07 Å². The quantitative estimate of drug-likeness (QED) is 0.563. The Balaban J connectivity index is 1.87. The molecule has 2 atom stereocenters. The molecule has 0 aromatic carbocycles. The Bertz CT molecular complexity index is 1200. The third kappa shape index (κ3) is 6.07. The highest BCUT2D eigenvalue weighted by atomic mass is 19.3. The van der Waals surface area contributed by atoms with Gasteiger partial charge in [-0.2, -0.15) is 5.26 Å². The Morgan fingerprint density at radius 3 is 2.69 bits per heavy atom. The highest BCUT2D eigenvalue weighted by molar-refractivity contribution is 6.03. The summed E-state index contributed by atoms with van der Waals surface area (Å²) in [5, 5.41) is 16.3. The van der Waals surface area contributed by atoms with Crippen LogP contribution in [0.5, 0.6) is 0 Å². The SMILES string of the molecule is Cc1cc(C#N)cnc1C(=O)Nc1ccc(F)c(C2(C(F)F)COC[C@@H](NC(=O)OC(C)(C)C)N2)n1. The molecule has 1 unspecified atom stereocenters. The van der Waals surface area contributed by atoms with Crippen LogP contribution >= 0.6 is 0 Å². The van der Waals surface area contributed by atoms with Crippen molar-refractivity contribution >= 4 is 17.8 Å². The highest BCUT2D eigenvalue weighted by Crippen LogP contribution is 2.33. The topological polar surface area (TPSA) is 138 Å². The lowest BCUT2D eigenvalue weighted by atomic mass is 9.93. The number of rotatable bonds is 5.